The summed E-state index contributed by atoms with van der Waals surface area (Å²) < 4.78 is 5.35. The van der Waals surface area contributed by atoms with E-state index in [2.05, 4.69) is 26.4 Å². The van der Waals surface area contributed by atoms with Crippen LogP contribution in [0, 0.1) is 20.8 Å². The third-order valence-corrected chi connectivity index (χ3v) is 6.15. The van der Waals surface area contributed by atoms with Gasteiger partial charge in [0.25, 0.3) is 5.91 Å². The van der Waals surface area contributed by atoms with Gasteiger partial charge in [0, 0.05) is 57.7 Å². The molecular weight excluding hydrogens is 404 g/mol. The minimum Gasteiger partial charge on any atom is -0.335 e. The number of halogens is 1. The van der Waals surface area contributed by atoms with Gasteiger partial charge in [-0.05, 0) is 26.8 Å². The molecule has 4 heterocycles. The standard InChI is InChI=1S/C20H27ClN8O/c1-14-17(11-25(4)22-14)12-26-7-9-27(10-8-26)20(30)18-5-6-28(24-18)13-29-16(3)19(21)15(2)23-29/h5-6,11H,7-10,12-13H2,1-4H3. The van der Waals surface area contributed by atoms with Gasteiger partial charge in [0.05, 0.1) is 22.1 Å². The Balaban J connectivity index is 1.34. The number of carbonyl (C=O) groups excluding carboxylic acids is 1. The highest BCUT2D eigenvalue weighted by molar-refractivity contribution is 6.31. The molecular formula is C20H27ClN8O. The molecule has 0 unspecified atom stereocenters. The van der Waals surface area contributed by atoms with Crippen LogP contribution in [0.25, 0.3) is 0 Å². The van der Waals surface area contributed by atoms with E-state index in [-0.39, 0.29) is 5.91 Å². The normalized spacial score (nSPS) is 15.2. The van der Waals surface area contributed by atoms with Crippen LogP contribution in [0.15, 0.2) is 18.5 Å². The van der Waals surface area contributed by atoms with Crippen molar-refractivity contribution in [2.75, 3.05) is 26.2 Å². The lowest BCUT2D eigenvalue weighted by molar-refractivity contribution is 0.0621. The number of rotatable bonds is 5. The molecule has 0 atom stereocenters. The second-order valence-electron chi connectivity index (χ2n) is 7.85. The Labute approximate surface area is 180 Å². The van der Waals surface area contributed by atoms with Crippen molar-refractivity contribution in [3.63, 3.8) is 0 Å². The number of piperazine rings is 1. The fourth-order valence-electron chi connectivity index (χ4n) is 3.82. The first-order chi connectivity index (χ1) is 14.3. The molecule has 1 aliphatic rings. The van der Waals surface area contributed by atoms with Crippen molar-refractivity contribution in [2.24, 2.45) is 7.05 Å². The third kappa shape index (κ3) is 4.13. The van der Waals surface area contributed by atoms with E-state index in [0.29, 0.717) is 30.5 Å². The van der Waals surface area contributed by atoms with Gasteiger partial charge in [-0.3, -0.25) is 19.1 Å². The van der Waals surface area contributed by atoms with E-state index in [4.69, 9.17) is 11.6 Å². The zero-order chi connectivity index (χ0) is 21.4. The van der Waals surface area contributed by atoms with E-state index in [1.165, 1.54) is 5.56 Å². The summed E-state index contributed by atoms with van der Waals surface area (Å²) in [6, 6.07) is 1.76. The maximum atomic E-state index is 12.9. The van der Waals surface area contributed by atoms with Gasteiger partial charge in [-0.25, -0.2) is 4.68 Å². The van der Waals surface area contributed by atoms with Crippen LogP contribution in [-0.2, 0) is 20.3 Å². The van der Waals surface area contributed by atoms with E-state index in [1.807, 2.05) is 37.4 Å². The van der Waals surface area contributed by atoms with Crippen LogP contribution >= 0.6 is 11.6 Å². The zero-order valence-electron chi connectivity index (χ0n) is 17.8. The molecule has 0 radical (unpaired) electrons. The maximum absolute atomic E-state index is 12.9. The molecule has 3 aromatic rings. The SMILES string of the molecule is Cc1nn(C)cc1CN1CCN(C(=O)c2ccn(Cn3nc(C)c(Cl)c3C)n2)CC1. The molecule has 1 aliphatic heterocycles. The Morgan fingerprint density at radius 2 is 1.80 bits per heavy atom. The number of carbonyl (C=O) groups is 1. The molecule has 160 valence electrons. The predicted molar refractivity (Wildman–Crippen MR) is 113 cm³/mol. The molecule has 0 aromatic carbocycles. The highest BCUT2D eigenvalue weighted by atomic mass is 35.5. The molecule has 9 nitrogen and oxygen atoms in total. The first-order valence-electron chi connectivity index (χ1n) is 10.1. The Kier molecular flexibility index (Phi) is 5.66. The summed E-state index contributed by atoms with van der Waals surface area (Å²) in [5.41, 5.74) is 4.43. The molecule has 1 saturated heterocycles. The third-order valence-electron chi connectivity index (χ3n) is 5.60. The van der Waals surface area contributed by atoms with Crippen molar-refractivity contribution in [3.05, 3.63) is 51.8 Å². The van der Waals surface area contributed by atoms with E-state index < -0.39 is 0 Å². The molecule has 0 saturated carbocycles. The van der Waals surface area contributed by atoms with Gasteiger partial charge in [-0.1, -0.05) is 11.6 Å². The molecule has 0 N–H and O–H groups in total. The van der Waals surface area contributed by atoms with Gasteiger partial charge in [-0.15, -0.1) is 0 Å². The molecule has 1 amide bonds. The summed E-state index contributed by atoms with van der Waals surface area (Å²) in [5, 5.41) is 13.9. The topological polar surface area (TPSA) is 77.0 Å². The van der Waals surface area contributed by atoms with Crippen molar-refractivity contribution in [1.82, 2.24) is 39.1 Å². The van der Waals surface area contributed by atoms with E-state index in [1.54, 1.807) is 21.6 Å². The molecule has 30 heavy (non-hydrogen) atoms. The Hall–Kier alpha value is -2.65. The molecule has 0 aliphatic carbocycles. The maximum Gasteiger partial charge on any atom is 0.274 e. The van der Waals surface area contributed by atoms with Crippen molar-refractivity contribution < 1.29 is 4.79 Å². The first kappa shape index (κ1) is 20.6. The van der Waals surface area contributed by atoms with Crippen LogP contribution in [0.4, 0.5) is 0 Å². The van der Waals surface area contributed by atoms with Gasteiger partial charge < -0.3 is 4.90 Å². The van der Waals surface area contributed by atoms with Crippen LogP contribution in [0.5, 0.6) is 0 Å². The van der Waals surface area contributed by atoms with Crippen LogP contribution in [0.2, 0.25) is 5.02 Å². The van der Waals surface area contributed by atoms with E-state index >= 15 is 0 Å². The smallest absolute Gasteiger partial charge is 0.274 e. The molecule has 3 aromatic heterocycles. The summed E-state index contributed by atoms with van der Waals surface area (Å²) in [6.07, 6.45) is 3.87. The average Bonchev–Trinajstić information content (AvgIpc) is 3.38. The first-order valence-corrected chi connectivity index (χ1v) is 10.4. The van der Waals surface area contributed by atoms with Crippen LogP contribution in [0.3, 0.4) is 0 Å². The fourth-order valence-corrected chi connectivity index (χ4v) is 3.96. The van der Waals surface area contributed by atoms with Gasteiger partial charge in [0.15, 0.2) is 0 Å². The van der Waals surface area contributed by atoms with Crippen molar-refractivity contribution in [2.45, 2.75) is 34.0 Å². The van der Waals surface area contributed by atoms with Gasteiger partial charge in [0.1, 0.15) is 12.4 Å². The Morgan fingerprint density at radius 1 is 1.07 bits per heavy atom. The highest BCUT2D eigenvalue weighted by Crippen LogP contribution is 2.19. The van der Waals surface area contributed by atoms with Crippen LogP contribution in [0.1, 0.15) is 33.1 Å². The van der Waals surface area contributed by atoms with Crippen molar-refractivity contribution >= 4 is 17.5 Å². The van der Waals surface area contributed by atoms with E-state index in [0.717, 1.165) is 36.7 Å². The second-order valence-corrected chi connectivity index (χ2v) is 8.23. The largest absolute Gasteiger partial charge is 0.335 e. The van der Waals surface area contributed by atoms with Gasteiger partial charge in [0.2, 0.25) is 0 Å². The molecule has 4 rings (SSSR count). The monoisotopic (exact) mass is 430 g/mol. The molecule has 0 bridgehead atoms. The summed E-state index contributed by atoms with van der Waals surface area (Å²) in [4.78, 5) is 17.1. The minimum atomic E-state index is -0.0302. The van der Waals surface area contributed by atoms with Crippen LogP contribution in [-0.4, -0.2) is 71.2 Å². The predicted octanol–water partition coefficient (Wildman–Crippen LogP) is 1.86. The summed E-state index contributed by atoms with van der Waals surface area (Å²) in [6.45, 7) is 10.2. The number of aryl methyl sites for hydroxylation is 3. The number of hydrogen-bond acceptors (Lipinski definition) is 5. The number of nitrogens with zero attached hydrogens (tertiary/aromatic N) is 8. The lowest BCUT2D eigenvalue weighted by Crippen LogP contribution is -2.48. The molecule has 1 fully saturated rings. The highest BCUT2D eigenvalue weighted by Gasteiger charge is 2.24. The summed E-state index contributed by atoms with van der Waals surface area (Å²) in [5.74, 6) is -0.0302. The lowest BCUT2D eigenvalue weighted by atomic mass is 10.2. The average molecular weight is 431 g/mol. The van der Waals surface area contributed by atoms with Gasteiger partial charge >= 0.3 is 0 Å². The number of aromatic nitrogens is 6. The van der Waals surface area contributed by atoms with E-state index in [9.17, 15) is 4.79 Å². The Bertz CT molecular complexity index is 1060. The summed E-state index contributed by atoms with van der Waals surface area (Å²) >= 11 is 6.21. The van der Waals surface area contributed by atoms with Gasteiger partial charge in [-0.2, -0.15) is 15.3 Å². The summed E-state index contributed by atoms with van der Waals surface area (Å²) in [7, 11) is 1.94. The quantitative estimate of drug-likeness (QED) is 0.617. The van der Waals surface area contributed by atoms with Crippen molar-refractivity contribution in [1.29, 1.82) is 0 Å². The minimum absolute atomic E-state index is 0.0302. The zero-order valence-corrected chi connectivity index (χ0v) is 18.6. The number of hydrogen-bond donors (Lipinski definition) is 0. The molecule has 10 heteroatoms. The van der Waals surface area contributed by atoms with Crippen molar-refractivity contribution in [3.8, 4) is 0 Å². The Morgan fingerprint density at radius 3 is 2.40 bits per heavy atom. The lowest BCUT2D eigenvalue weighted by Gasteiger charge is -2.34. The fraction of sp³-hybridized carbons (Fsp3) is 0.500. The number of amides is 1. The molecule has 0 spiro atoms. The second kappa shape index (κ2) is 8.23. The van der Waals surface area contributed by atoms with Crippen LogP contribution < -0.4 is 0 Å².